The lowest BCUT2D eigenvalue weighted by molar-refractivity contribution is -0.302. The number of hydrogen-bond acceptors (Lipinski definition) is 8. The Morgan fingerprint density at radius 1 is 0.422 bits per heavy atom. The van der Waals surface area contributed by atoms with Crippen LogP contribution >= 0.6 is 0 Å². The molecule has 83 heavy (non-hydrogen) atoms. The molecule has 1 aliphatic heterocycles. The van der Waals surface area contributed by atoms with Crippen LogP contribution in [-0.2, 0) is 14.3 Å². The zero-order chi connectivity index (χ0) is 60.0. The van der Waals surface area contributed by atoms with Gasteiger partial charge in [0.1, 0.15) is 24.4 Å². The highest BCUT2D eigenvalue weighted by Crippen LogP contribution is 2.23. The minimum atomic E-state index is -1.58. The summed E-state index contributed by atoms with van der Waals surface area (Å²) in [5.41, 5.74) is 0. The van der Waals surface area contributed by atoms with Gasteiger partial charge in [0.15, 0.2) is 6.29 Å². The number of carbonyl (C=O) groups is 1. The Kier molecular flexibility index (Phi) is 59.0. The molecule has 7 atom stereocenters. The lowest BCUT2D eigenvalue weighted by Crippen LogP contribution is -2.60. The van der Waals surface area contributed by atoms with E-state index in [0.717, 1.165) is 70.6 Å². The SMILES string of the molecule is CC/C=C\C/C=C\C/C=C\C/C=C\CCCCCCCCCCCCCCCCCCC(=O)NC(COC1OC(CO)C(O)C(O)C1O)C(O)/C=C/CC/C=C/CC/C=C/CCCCCCCCCCCCCCCCCCCCCCC. The third-order valence-electron chi connectivity index (χ3n) is 16.4. The Balaban J connectivity index is 2.16. The van der Waals surface area contributed by atoms with Gasteiger partial charge < -0.3 is 40.3 Å². The van der Waals surface area contributed by atoms with Gasteiger partial charge in [0.25, 0.3) is 0 Å². The van der Waals surface area contributed by atoms with E-state index < -0.39 is 49.5 Å². The fourth-order valence-corrected chi connectivity index (χ4v) is 10.9. The first-order valence-corrected chi connectivity index (χ1v) is 35.3. The molecular formula is C74H133NO8. The number of unbranched alkanes of at least 4 members (excludes halogenated alkanes) is 39. The van der Waals surface area contributed by atoms with E-state index in [1.54, 1.807) is 6.08 Å². The average molecular weight is 1160 g/mol. The highest BCUT2D eigenvalue weighted by atomic mass is 16.7. The molecule has 0 aromatic rings. The van der Waals surface area contributed by atoms with E-state index >= 15 is 0 Å². The topological polar surface area (TPSA) is 149 Å². The van der Waals surface area contributed by atoms with Gasteiger partial charge in [0, 0.05) is 6.42 Å². The van der Waals surface area contributed by atoms with Crippen LogP contribution in [0.3, 0.4) is 0 Å². The van der Waals surface area contributed by atoms with Gasteiger partial charge in [-0.05, 0) is 83.5 Å². The molecule has 0 aromatic carbocycles. The molecule has 0 aliphatic carbocycles. The second-order valence-electron chi connectivity index (χ2n) is 24.3. The number of nitrogens with one attached hydrogen (secondary N) is 1. The van der Waals surface area contributed by atoms with Crippen LogP contribution < -0.4 is 5.32 Å². The number of aliphatic hydroxyl groups is 5. The number of rotatable bonds is 61. The lowest BCUT2D eigenvalue weighted by Gasteiger charge is -2.40. The largest absolute Gasteiger partial charge is 0.394 e. The molecule has 1 rings (SSSR count). The Bertz CT molecular complexity index is 1590. The maximum Gasteiger partial charge on any atom is 0.220 e. The smallest absolute Gasteiger partial charge is 0.220 e. The van der Waals surface area contributed by atoms with E-state index in [4.69, 9.17) is 9.47 Å². The molecule has 0 bridgehead atoms. The van der Waals surface area contributed by atoms with Crippen LogP contribution in [0.5, 0.6) is 0 Å². The van der Waals surface area contributed by atoms with Crippen LogP contribution in [0.4, 0.5) is 0 Å². The van der Waals surface area contributed by atoms with Crippen molar-refractivity contribution in [2.75, 3.05) is 13.2 Å². The maximum atomic E-state index is 13.1. The molecule has 9 heteroatoms. The van der Waals surface area contributed by atoms with Crippen molar-refractivity contribution in [2.45, 2.75) is 365 Å². The third kappa shape index (κ3) is 51.2. The molecule has 9 nitrogen and oxygen atoms in total. The van der Waals surface area contributed by atoms with Crippen LogP contribution in [0.1, 0.15) is 322 Å². The van der Waals surface area contributed by atoms with E-state index in [1.807, 2.05) is 6.08 Å². The molecule has 6 N–H and O–H groups in total. The summed E-state index contributed by atoms with van der Waals surface area (Å²) in [5, 5.41) is 54.7. The van der Waals surface area contributed by atoms with Crippen LogP contribution in [0.2, 0.25) is 0 Å². The summed E-state index contributed by atoms with van der Waals surface area (Å²) in [6, 6.07) is -0.834. The van der Waals surface area contributed by atoms with Crippen LogP contribution in [0, 0.1) is 0 Å². The first kappa shape index (κ1) is 78.4. The number of ether oxygens (including phenoxy) is 2. The fourth-order valence-electron chi connectivity index (χ4n) is 10.9. The summed E-state index contributed by atoms with van der Waals surface area (Å²) in [6.07, 6.45) is 82.7. The minimum absolute atomic E-state index is 0.189. The second kappa shape index (κ2) is 62.4. The van der Waals surface area contributed by atoms with Gasteiger partial charge >= 0.3 is 0 Å². The van der Waals surface area contributed by atoms with E-state index in [9.17, 15) is 30.3 Å². The summed E-state index contributed by atoms with van der Waals surface area (Å²) in [7, 11) is 0. The summed E-state index contributed by atoms with van der Waals surface area (Å²) >= 11 is 0. The predicted molar refractivity (Wildman–Crippen MR) is 355 cm³/mol. The first-order valence-electron chi connectivity index (χ1n) is 35.3. The Labute approximate surface area is 511 Å². The maximum absolute atomic E-state index is 13.1. The quantitative estimate of drug-likeness (QED) is 0.0261. The van der Waals surface area contributed by atoms with Crippen LogP contribution in [0.15, 0.2) is 85.1 Å². The van der Waals surface area contributed by atoms with E-state index in [1.165, 1.54) is 231 Å². The van der Waals surface area contributed by atoms with Gasteiger partial charge in [-0.25, -0.2) is 0 Å². The molecule has 7 unspecified atom stereocenters. The molecule has 1 amide bonds. The monoisotopic (exact) mass is 1160 g/mol. The van der Waals surface area contributed by atoms with Crippen LogP contribution in [-0.4, -0.2) is 87.5 Å². The molecule has 0 spiro atoms. The van der Waals surface area contributed by atoms with Gasteiger partial charge in [0.2, 0.25) is 5.91 Å². The number of allylic oxidation sites excluding steroid dienone is 13. The second-order valence-corrected chi connectivity index (χ2v) is 24.3. The van der Waals surface area contributed by atoms with Crippen molar-refractivity contribution in [3.8, 4) is 0 Å². The van der Waals surface area contributed by atoms with Gasteiger partial charge in [0.05, 0.1) is 25.4 Å². The molecule has 1 heterocycles. The highest BCUT2D eigenvalue weighted by Gasteiger charge is 2.44. The molecular weight excluding hydrogens is 1030 g/mol. The van der Waals surface area contributed by atoms with Crippen molar-refractivity contribution in [3.63, 3.8) is 0 Å². The summed E-state index contributed by atoms with van der Waals surface area (Å²) < 4.78 is 11.3. The predicted octanol–water partition coefficient (Wildman–Crippen LogP) is 19.3. The van der Waals surface area contributed by atoms with E-state index in [-0.39, 0.29) is 12.5 Å². The van der Waals surface area contributed by atoms with Gasteiger partial charge in [-0.3, -0.25) is 4.79 Å². The zero-order valence-electron chi connectivity index (χ0n) is 53.9. The highest BCUT2D eigenvalue weighted by molar-refractivity contribution is 5.76. The van der Waals surface area contributed by atoms with Crippen molar-refractivity contribution < 1.29 is 39.8 Å². The van der Waals surface area contributed by atoms with Crippen molar-refractivity contribution in [2.24, 2.45) is 0 Å². The van der Waals surface area contributed by atoms with E-state index in [2.05, 4.69) is 92.1 Å². The zero-order valence-corrected chi connectivity index (χ0v) is 53.9. The molecule has 482 valence electrons. The number of hydrogen-bond donors (Lipinski definition) is 6. The van der Waals surface area contributed by atoms with Crippen molar-refractivity contribution in [1.82, 2.24) is 5.32 Å². The number of aliphatic hydroxyl groups excluding tert-OH is 5. The molecule has 0 saturated carbocycles. The van der Waals surface area contributed by atoms with Crippen LogP contribution in [0.25, 0.3) is 0 Å². The standard InChI is InChI=1S/C74H133NO8/c1-3-5-7-9-11-13-15-17-19-21-23-25-27-29-31-33-34-36-37-39-41-43-45-47-49-51-53-55-57-59-61-63-68(77)67(66-82-74-73(81)72(80)71(79)69(65-76)83-74)75-70(78)64-62-60-58-56-54-52-50-48-46-44-42-40-38-35-32-30-28-26-24-22-20-18-16-14-12-10-8-6-4-2/h6,8,12,14,18,20,24,26,45,47,53,55,61,63,67-69,71-74,76-77,79-81H,3-5,7,9-11,13,15-17,19,21-23,25,27-44,46,48-52,54,56-60,62,64-66H2,1-2H3,(H,75,78)/b8-6-,14-12-,20-18-,26-24-,47-45+,55-53+,63-61+. The van der Waals surface area contributed by atoms with Gasteiger partial charge in [-0.15, -0.1) is 0 Å². The lowest BCUT2D eigenvalue weighted by atomic mass is 9.99. The molecule has 0 radical (unpaired) electrons. The molecule has 0 aromatic heterocycles. The van der Waals surface area contributed by atoms with Gasteiger partial charge in [-0.2, -0.15) is 0 Å². The Morgan fingerprint density at radius 2 is 0.759 bits per heavy atom. The Hall–Kier alpha value is -2.63. The molecule has 1 saturated heterocycles. The number of carbonyl (C=O) groups excluding carboxylic acids is 1. The normalized spacial score (nSPS) is 18.8. The third-order valence-corrected chi connectivity index (χ3v) is 16.4. The van der Waals surface area contributed by atoms with E-state index in [0.29, 0.717) is 6.42 Å². The van der Waals surface area contributed by atoms with Gasteiger partial charge in [-0.1, -0.05) is 317 Å². The molecule has 1 aliphatic rings. The van der Waals surface area contributed by atoms with Crippen molar-refractivity contribution in [3.05, 3.63) is 85.1 Å². The summed E-state index contributed by atoms with van der Waals surface area (Å²) in [6.45, 7) is 3.68. The fraction of sp³-hybridized carbons (Fsp3) is 0.797. The molecule has 1 fully saturated rings. The average Bonchev–Trinajstić information content (AvgIpc) is 3.60. The summed E-state index contributed by atoms with van der Waals surface area (Å²) in [5.74, 6) is -0.189. The Morgan fingerprint density at radius 3 is 1.16 bits per heavy atom. The summed E-state index contributed by atoms with van der Waals surface area (Å²) in [4.78, 5) is 13.1. The number of amides is 1. The first-order chi connectivity index (χ1) is 40.8. The van der Waals surface area contributed by atoms with Crippen molar-refractivity contribution >= 4 is 5.91 Å². The van der Waals surface area contributed by atoms with Crippen molar-refractivity contribution in [1.29, 1.82) is 0 Å². The minimum Gasteiger partial charge on any atom is -0.394 e.